The predicted molar refractivity (Wildman–Crippen MR) is 159 cm³/mol. The van der Waals surface area contributed by atoms with Crippen LogP contribution in [-0.4, -0.2) is 75.6 Å². The second-order valence-corrected chi connectivity index (χ2v) is 13.8. The number of rotatable bonds is 9. The summed E-state index contributed by atoms with van der Waals surface area (Å²) in [6.45, 7) is 5.64. The summed E-state index contributed by atoms with van der Waals surface area (Å²) in [4.78, 5) is 34.6. The van der Waals surface area contributed by atoms with Crippen LogP contribution in [-0.2, 0) is 14.6 Å². The number of carbonyl (C=O) groups excluding carboxylic acids is 2. The average molecular weight is 590 g/mol. The molecule has 2 N–H and O–H groups in total. The highest BCUT2D eigenvalue weighted by Crippen LogP contribution is 2.31. The summed E-state index contributed by atoms with van der Waals surface area (Å²) in [5.74, 6) is 1.09. The van der Waals surface area contributed by atoms with E-state index in [1.807, 2.05) is 4.90 Å². The SMILES string of the molecule is CC(CC1CCCN(C)C1)NC(=O)CC1CCN(c2ncc(S(C)(=O)=O)cc2NC(=O)c2cccc(Cl)c2)CC1. The normalized spacial score (nSPS) is 19.7. The van der Waals surface area contributed by atoms with Crippen molar-refractivity contribution >= 4 is 44.8 Å². The Morgan fingerprint density at radius 1 is 1.12 bits per heavy atom. The highest BCUT2D eigenvalue weighted by atomic mass is 35.5. The number of aromatic nitrogens is 1. The van der Waals surface area contributed by atoms with Gasteiger partial charge in [0.1, 0.15) is 0 Å². The van der Waals surface area contributed by atoms with Gasteiger partial charge in [-0.15, -0.1) is 0 Å². The van der Waals surface area contributed by atoms with E-state index in [4.69, 9.17) is 11.6 Å². The minimum Gasteiger partial charge on any atom is -0.355 e. The molecule has 2 fully saturated rings. The molecule has 2 aliphatic heterocycles. The number of piperidine rings is 2. The van der Waals surface area contributed by atoms with Crippen LogP contribution in [0.1, 0.15) is 55.8 Å². The summed E-state index contributed by atoms with van der Waals surface area (Å²) in [5, 5.41) is 6.47. The van der Waals surface area contributed by atoms with Gasteiger partial charge in [0, 0.05) is 55.1 Å². The van der Waals surface area contributed by atoms with Gasteiger partial charge in [-0.05, 0) is 88.7 Å². The largest absolute Gasteiger partial charge is 0.355 e. The summed E-state index contributed by atoms with van der Waals surface area (Å²) >= 11 is 6.05. The first-order chi connectivity index (χ1) is 19.0. The number of amides is 2. The Morgan fingerprint density at radius 2 is 1.88 bits per heavy atom. The molecule has 1 aromatic carbocycles. The maximum absolute atomic E-state index is 13.0. The molecule has 40 heavy (non-hydrogen) atoms. The van der Waals surface area contributed by atoms with E-state index in [-0.39, 0.29) is 22.8 Å². The Hall–Kier alpha value is -2.69. The Kier molecular flexibility index (Phi) is 10.1. The molecule has 4 rings (SSSR count). The number of hydrogen-bond donors (Lipinski definition) is 2. The number of pyridine rings is 1. The van der Waals surface area contributed by atoms with Crippen molar-refractivity contribution in [1.82, 2.24) is 15.2 Å². The first-order valence-electron chi connectivity index (χ1n) is 14.0. The molecule has 0 spiro atoms. The Bertz CT molecular complexity index is 1310. The zero-order valence-electron chi connectivity index (χ0n) is 23.5. The fraction of sp³-hybridized carbons (Fsp3) is 0.552. The van der Waals surface area contributed by atoms with Crippen LogP contribution in [0.3, 0.4) is 0 Å². The topological polar surface area (TPSA) is 112 Å². The van der Waals surface area contributed by atoms with Gasteiger partial charge in [0.2, 0.25) is 5.91 Å². The number of anilines is 2. The van der Waals surface area contributed by atoms with E-state index in [9.17, 15) is 18.0 Å². The maximum atomic E-state index is 13.0. The van der Waals surface area contributed by atoms with E-state index < -0.39 is 15.7 Å². The van der Waals surface area contributed by atoms with Crippen molar-refractivity contribution < 1.29 is 18.0 Å². The van der Waals surface area contributed by atoms with Gasteiger partial charge < -0.3 is 20.4 Å². The minimum absolute atomic E-state index is 0.0261. The molecule has 2 unspecified atom stereocenters. The molecule has 0 radical (unpaired) electrons. The molecule has 218 valence electrons. The van der Waals surface area contributed by atoms with Crippen LogP contribution in [0.25, 0.3) is 0 Å². The number of nitrogens with zero attached hydrogens (tertiary/aromatic N) is 3. The van der Waals surface area contributed by atoms with Crippen molar-refractivity contribution in [2.24, 2.45) is 11.8 Å². The molecule has 2 aromatic rings. The third-order valence-electron chi connectivity index (χ3n) is 7.81. The minimum atomic E-state index is -3.52. The van der Waals surface area contributed by atoms with E-state index in [1.165, 1.54) is 25.1 Å². The van der Waals surface area contributed by atoms with E-state index in [1.54, 1.807) is 24.3 Å². The van der Waals surface area contributed by atoms with Crippen LogP contribution in [0.5, 0.6) is 0 Å². The summed E-state index contributed by atoms with van der Waals surface area (Å²) in [6.07, 6.45) is 7.97. The van der Waals surface area contributed by atoms with Crippen molar-refractivity contribution in [2.45, 2.75) is 56.4 Å². The first-order valence-corrected chi connectivity index (χ1v) is 16.2. The lowest BCUT2D eigenvalue weighted by atomic mass is 9.91. The summed E-state index contributed by atoms with van der Waals surface area (Å²) < 4.78 is 24.4. The van der Waals surface area contributed by atoms with Crippen LogP contribution in [0.4, 0.5) is 11.5 Å². The number of likely N-dealkylation sites (tertiary alicyclic amines) is 1. The van der Waals surface area contributed by atoms with Crippen molar-refractivity contribution in [3.05, 3.63) is 47.1 Å². The summed E-state index contributed by atoms with van der Waals surface area (Å²) in [5.41, 5.74) is 0.684. The van der Waals surface area contributed by atoms with Gasteiger partial charge in [0.05, 0.1) is 10.6 Å². The van der Waals surface area contributed by atoms with E-state index in [0.29, 0.717) is 47.5 Å². The van der Waals surface area contributed by atoms with Crippen molar-refractivity contribution in [3.63, 3.8) is 0 Å². The zero-order valence-corrected chi connectivity index (χ0v) is 25.1. The van der Waals surface area contributed by atoms with Gasteiger partial charge in [-0.1, -0.05) is 17.7 Å². The number of hydrogen-bond acceptors (Lipinski definition) is 7. The second-order valence-electron chi connectivity index (χ2n) is 11.4. The molecule has 0 aliphatic carbocycles. The van der Waals surface area contributed by atoms with Crippen LogP contribution >= 0.6 is 11.6 Å². The van der Waals surface area contributed by atoms with E-state index in [0.717, 1.165) is 38.6 Å². The number of nitrogens with one attached hydrogen (secondary N) is 2. The lowest BCUT2D eigenvalue weighted by Crippen LogP contribution is -2.40. The Labute approximate surface area is 242 Å². The van der Waals surface area contributed by atoms with E-state index in [2.05, 4.69) is 34.5 Å². The van der Waals surface area contributed by atoms with Crippen molar-refractivity contribution in [1.29, 1.82) is 0 Å². The molecule has 1 aromatic heterocycles. The quantitative estimate of drug-likeness (QED) is 0.450. The molecule has 0 bridgehead atoms. The van der Waals surface area contributed by atoms with Crippen LogP contribution in [0.2, 0.25) is 5.02 Å². The monoisotopic (exact) mass is 589 g/mol. The maximum Gasteiger partial charge on any atom is 0.255 e. The van der Waals surface area contributed by atoms with Gasteiger partial charge in [-0.2, -0.15) is 0 Å². The molecule has 2 aliphatic rings. The van der Waals surface area contributed by atoms with Crippen LogP contribution in [0.15, 0.2) is 41.4 Å². The molecule has 9 nitrogen and oxygen atoms in total. The van der Waals surface area contributed by atoms with Crippen molar-refractivity contribution in [3.8, 4) is 0 Å². The molecule has 0 saturated carbocycles. The van der Waals surface area contributed by atoms with Gasteiger partial charge in [-0.25, -0.2) is 13.4 Å². The highest BCUT2D eigenvalue weighted by Gasteiger charge is 2.26. The molecule has 3 heterocycles. The molecular weight excluding hydrogens is 550 g/mol. The number of halogens is 1. The van der Waals surface area contributed by atoms with Gasteiger partial charge in [-0.3, -0.25) is 9.59 Å². The number of benzene rings is 1. The average Bonchev–Trinajstić information content (AvgIpc) is 2.88. The smallest absolute Gasteiger partial charge is 0.255 e. The lowest BCUT2D eigenvalue weighted by Gasteiger charge is -2.34. The Balaban J connectivity index is 1.36. The second kappa shape index (κ2) is 13.3. The highest BCUT2D eigenvalue weighted by molar-refractivity contribution is 7.90. The standard InChI is InChI=1S/C29H40ClN5O4S/c1-20(14-22-6-5-11-34(2)19-22)32-27(36)15-21-9-12-35(13-10-21)28-26(17-25(18-31-28)40(3,38)39)33-29(37)23-7-4-8-24(30)16-23/h4,7-8,16-18,20-22H,5-6,9-15,19H2,1-3H3,(H,32,36)(H,33,37). The predicted octanol–water partition coefficient (Wildman–Crippen LogP) is 4.23. The zero-order chi connectivity index (χ0) is 28.9. The molecule has 2 atom stereocenters. The van der Waals surface area contributed by atoms with Crippen LogP contribution < -0.4 is 15.5 Å². The van der Waals surface area contributed by atoms with Gasteiger partial charge in [0.15, 0.2) is 15.7 Å². The fourth-order valence-corrected chi connectivity index (χ4v) is 6.55. The first kappa shape index (κ1) is 30.3. The molecule has 2 saturated heterocycles. The number of sulfone groups is 1. The van der Waals surface area contributed by atoms with Gasteiger partial charge in [0.25, 0.3) is 5.91 Å². The van der Waals surface area contributed by atoms with Crippen LogP contribution in [0, 0.1) is 11.8 Å². The molecule has 11 heteroatoms. The summed E-state index contributed by atoms with van der Waals surface area (Å²) in [7, 11) is -1.36. The number of carbonyl (C=O) groups is 2. The third-order valence-corrected chi connectivity index (χ3v) is 9.12. The van der Waals surface area contributed by atoms with Gasteiger partial charge >= 0.3 is 0 Å². The van der Waals surface area contributed by atoms with E-state index >= 15 is 0 Å². The van der Waals surface area contributed by atoms with Crippen molar-refractivity contribution in [2.75, 3.05) is 49.7 Å². The lowest BCUT2D eigenvalue weighted by molar-refractivity contribution is -0.122. The molecule has 2 amide bonds. The fourth-order valence-electron chi connectivity index (χ4n) is 5.78. The Morgan fingerprint density at radius 3 is 2.55 bits per heavy atom. The molecular formula is C29H40ClN5O4S. The summed E-state index contributed by atoms with van der Waals surface area (Å²) in [6, 6.07) is 8.16. The third kappa shape index (κ3) is 8.41.